The molecule has 1 fully saturated rings. The maximum Gasteiger partial charge on any atom is 0.228 e. The van der Waals surface area contributed by atoms with E-state index in [1.54, 1.807) is 24.3 Å². The number of hydrogen-bond donors (Lipinski definition) is 1. The quantitative estimate of drug-likeness (QED) is 0.765. The Morgan fingerprint density at radius 2 is 1.75 bits per heavy atom. The van der Waals surface area contributed by atoms with Gasteiger partial charge in [-0.05, 0) is 54.7 Å². The molecule has 3 rings (SSSR count). The summed E-state index contributed by atoms with van der Waals surface area (Å²) in [4.78, 5) is 12.6. The molecule has 2 aromatic rings. The molecule has 0 bridgehead atoms. The van der Waals surface area contributed by atoms with Crippen LogP contribution in [0.5, 0.6) is 0 Å². The molecular formula is C21H25ClN2O3S. The highest BCUT2D eigenvalue weighted by Gasteiger charge is 2.32. The number of nitrogens with one attached hydrogen (secondary N) is 1. The molecule has 0 radical (unpaired) electrons. The number of carbonyl (C=O) groups is 1. The smallest absolute Gasteiger partial charge is 0.228 e. The predicted octanol–water partition coefficient (Wildman–Crippen LogP) is 4.08. The summed E-state index contributed by atoms with van der Waals surface area (Å²) in [5.74, 6) is -0.563. The number of halogens is 1. The molecular weight excluding hydrogens is 396 g/mol. The predicted molar refractivity (Wildman–Crippen MR) is 113 cm³/mol. The van der Waals surface area contributed by atoms with E-state index in [0.717, 1.165) is 12.1 Å². The van der Waals surface area contributed by atoms with Crippen LogP contribution >= 0.6 is 11.6 Å². The summed E-state index contributed by atoms with van der Waals surface area (Å²) in [6.45, 7) is 2.74. The Bertz CT molecular complexity index is 912. The Morgan fingerprint density at radius 1 is 1.11 bits per heavy atom. The minimum atomic E-state index is -3.49. The fourth-order valence-electron chi connectivity index (χ4n) is 3.36. The molecule has 5 nitrogen and oxygen atoms in total. The highest BCUT2D eigenvalue weighted by atomic mass is 35.5. The van der Waals surface area contributed by atoms with Gasteiger partial charge in [-0.1, -0.05) is 42.8 Å². The van der Waals surface area contributed by atoms with Crippen LogP contribution in [-0.4, -0.2) is 31.7 Å². The molecule has 1 amide bonds. The van der Waals surface area contributed by atoms with Crippen molar-refractivity contribution in [2.24, 2.45) is 5.92 Å². The number of hydrogen-bond acceptors (Lipinski definition) is 3. The maximum atomic E-state index is 12.8. The zero-order valence-corrected chi connectivity index (χ0v) is 17.5. The van der Waals surface area contributed by atoms with Crippen LogP contribution in [0, 0.1) is 5.92 Å². The molecule has 0 aliphatic carbocycles. The van der Waals surface area contributed by atoms with Gasteiger partial charge in [0.05, 0.1) is 11.7 Å². The van der Waals surface area contributed by atoms with E-state index in [1.165, 1.54) is 9.87 Å². The monoisotopic (exact) mass is 420 g/mol. The van der Waals surface area contributed by atoms with Crippen molar-refractivity contribution in [3.8, 4) is 0 Å². The molecule has 1 heterocycles. The van der Waals surface area contributed by atoms with Gasteiger partial charge in [0.1, 0.15) is 0 Å². The first-order valence-corrected chi connectivity index (χ1v) is 11.5. The van der Waals surface area contributed by atoms with Crippen molar-refractivity contribution in [2.75, 3.05) is 18.4 Å². The van der Waals surface area contributed by atoms with Gasteiger partial charge in [-0.15, -0.1) is 0 Å². The number of sulfonamides is 1. The summed E-state index contributed by atoms with van der Waals surface area (Å²) in [5.41, 5.74) is 2.63. The van der Waals surface area contributed by atoms with Crippen LogP contribution in [0.1, 0.15) is 30.9 Å². The summed E-state index contributed by atoms with van der Waals surface area (Å²) in [6, 6.07) is 14.5. The number of amides is 1. The second-order valence-corrected chi connectivity index (χ2v) is 9.52. The minimum Gasteiger partial charge on any atom is -0.326 e. The summed E-state index contributed by atoms with van der Waals surface area (Å²) in [7, 11) is -3.49. The molecule has 7 heteroatoms. The molecule has 1 aliphatic heterocycles. The molecule has 28 heavy (non-hydrogen) atoms. The van der Waals surface area contributed by atoms with Crippen LogP contribution in [0.2, 0.25) is 5.02 Å². The molecule has 1 N–H and O–H groups in total. The van der Waals surface area contributed by atoms with E-state index in [0.29, 0.717) is 30.0 Å². The van der Waals surface area contributed by atoms with Crippen molar-refractivity contribution < 1.29 is 13.2 Å². The van der Waals surface area contributed by atoms with Crippen LogP contribution in [0.15, 0.2) is 48.5 Å². The third-order valence-corrected chi connectivity index (χ3v) is 7.11. The first-order chi connectivity index (χ1) is 13.4. The van der Waals surface area contributed by atoms with E-state index < -0.39 is 10.0 Å². The number of aryl methyl sites for hydroxylation is 1. The van der Waals surface area contributed by atoms with E-state index in [4.69, 9.17) is 11.6 Å². The maximum absolute atomic E-state index is 12.8. The fourth-order valence-corrected chi connectivity index (χ4v) is 5.10. The number of carbonyl (C=O) groups excluding carboxylic acids is 1. The van der Waals surface area contributed by atoms with E-state index in [1.807, 2.05) is 24.3 Å². The Hall–Kier alpha value is -1.89. The largest absolute Gasteiger partial charge is 0.326 e. The lowest BCUT2D eigenvalue weighted by Gasteiger charge is -2.31. The van der Waals surface area contributed by atoms with Crippen molar-refractivity contribution in [1.82, 2.24) is 4.31 Å². The van der Waals surface area contributed by atoms with Crippen molar-refractivity contribution in [3.05, 3.63) is 64.7 Å². The van der Waals surface area contributed by atoms with Gasteiger partial charge < -0.3 is 5.32 Å². The van der Waals surface area contributed by atoms with Crippen LogP contribution in [0.4, 0.5) is 5.69 Å². The summed E-state index contributed by atoms with van der Waals surface area (Å²) >= 11 is 5.86. The van der Waals surface area contributed by atoms with Crippen LogP contribution in [-0.2, 0) is 27.0 Å². The average molecular weight is 421 g/mol. The molecule has 0 saturated carbocycles. The average Bonchev–Trinajstić information content (AvgIpc) is 2.70. The second kappa shape index (κ2) is 9.07. The van der Waals surface area contributed by atoms with E-state index in [9.17, 15) is 13.2 Å². The highest BCUT2D eigenvalue weighted by Crippen LogP contribution is 2.23. The number of benzene rings is 2. The number of piperidine rings is 1. The van der Waals surface area contributed by atoms with Gasteiger partial charge in [0, 0.05) is 23.8 Å². The third-order valence-electron chi connectivity index (χ3n) is 5.04. The molecule has 0 spiro atoms. The Labute approximate surface area is 171 Å². The molecule has 1 aliphatic rings. The first kappa shape index (κ1) is 20.8. The first-order valence-electron chi connectivity index (χ1n) is 9.49. The van der Waals surface area contributed by atoms with Crippen LogP contribution in [0.25, 0.3) is 0 Å². The Balaban J connectivity index is 1.63. The van der Waals surface area contributed by atoms with Gasteiger partial charge in [0.2, 0.25) is 15.9 Å². The van der Waals surface area contributed by atoms with Crippen molar-refractivity contribution in [1.29, 1.82) is 0 Å². The minimum absolute atomic E-state index is 0.0863. The second-order valence-electron chi connectivity index (χ2n) is 7.12. The lowest BCUT2D eigenvalue weighted by molar-refractivity contribution is -0.120. The molecule has 1 unspecified atom stereocenters. The zero-order valence-electron chi connectivity index (χ0n) is 15.9. The summed E-state index contributed by atoms with van der Waals surface area (Å²) in [6.07, 6.45) is 2.30. The van der Waals surface area contributed by atoms with Gasteiger partial charge in [-0.2, -0.15) is 0 Å². The molecule has 150 valence electrons. The Kier molecular flexibility index (Phi) is 6.75. The van der Waals surface area contributed by atoms with Gasteiger partial charge in [-0.3, -0.25) is 4.79 Å². The molecule has 1 saturated heterocycles. The molecule has 0 aromatic heterocycles. The van der Waals surface area contributed by atoms with E-state index >= 15 is 0 Å². The van der Waals surface area contributed by atoms with Crippen molar-refractivity contribution in [2.45, 2.75) is 31.9 Å². The third kappa shape index (κ3) is 5.34. The summed E-state index contributed by atoms with van der Waals surface area (Å²) in [5, 5.41) is 3.49. The van der Waals surface area contributed by atoms with E-state index in [-0.39, 0.29) is 24.1 Å². The topological polar surface area (TPSA) is 66.5 Å². The standard InChI is InChI=1S/C21H25ClN2O3S/c1-2-16-7-11-20(12-8-16)23-21(25)18-4-3-13-24(14-18)28(26,27)15-17-5-9-19(22)10-6-17/h5-12,18H,2-4,13-15H2,1H3,(H,23,25). The number of rotatable bonds is 6. The van der Waals surface area contributed by atoms with Crippen LogP contribution < -0.4 is 5.32 Å². The number of nitrogens with zero attached hydrogens (tertiary/aromatic N) is 1. The highest BCUT2D eigenvalue weighted by molar-refractivity contribution is 7.88. The fraction of sp³-hybridized carbons (Fsp3) is 0.381. The van der Waals surface area contributed by atoms with E-state index in [2.05, 4.69) is 12.2 Å². The van der Waals surface area contributed by atoms with Gasteiger partial charge in [0.15, 0.2) is 0 Å². The zero-order chi connectivity index (χ0) is 20.1. The van der Waals surface area contributed by atoms with Crippen molar-refractivity contribution >= 4 is 33.2 Å². The van der Waals surface area contributed by atoms with Gasteiger partial charge in [0.25, 0.3) is 0 Å². The normalized spacial score (nSPS) is 18.0. The lowest BCUT2D eigenvalue weighted by atomic mass is 9.98. The summed E-state index contributed by atoms with van der Waals surface area (Å²) < 4.78 is 27.0. The Morgan fingerprint density at radius 3 is 2.39 bits per heavy atom. The van der Waals surface area contributed by atoms with Gasteiger partial charge >= 0.3 is 0 Å². The number of anilines is 1. The van der Waals surface area contributed by atoms with Gasteiger partial charge in [-0.25, -0.2) is 12.7 Å². The molecule has 2 aromatic carbocycles. The molecule has 1 atom stereocenters. The lowest BCUT2D eigenvalue weighted by Crippen LogP contribution is -2.44. The van der Waals surface area contributed by atoms with Crippen molar-refractivity contribution in [3.63, 3.8) is 0 Å². The van der Waals surface area contributed by atoms with Crippen LogP contribution in [0.3, 0.4) is 0 Å². The SMILES string of the molecule is CCc1ccc(NC(=O)C2CCCN(S(=O)(=O)Cc3ccc(Cl)cc3)C2)cc1.